The lowest BCUT2D eigenvalue weighted by molar-refractivity contribution is -0.140. The molecule has 5 rings (SSSR count). The first-order valence-electron chi connectivity index (χ1n) is 12.9. The molecular weight excluding hydrogens is 458 g/mol. The Morgan fingerprint density at radius 1 is 1.17 bits per heavy atom. The van der Waals surface area contributed by atoms with Crippen LogP contribution in [0.5, 0.6) is 11.5 Å². The SMILES string of the molecule is CCCCOc1ccc(C2/C(=C(\O)c3ccc4c(c3)CC(C)O4)C(=O)C(=O)N2CC2CCCO2)cc1. The molecule has 2 aromatic carbocycles. The monoisotopic (exact) mass is 491 g/mol. The second-order valence-corrected chi connectivity index (χ2v) is 9.81. The predicted molar refractivity (Wildman–Crippen MR) is 135 cm³/mol. The summed E-state index contributed by atoms with van der Waals surface area (Å²) in [5.41, 5.74) is 2.33. The largest absolute Gasteiger partial charge is 0.507 e. The van der Waals surface area contributed by atoms with Gasteiger partial charge in [-0.05, 0) is 67.6 Å². The molecule has 1 N–H and O–H groups in total. The van der Waals surface area contributed by atoms with E-state index in [0.717, 1.165) is 54.7 Å². The van der Waals surface area contributed by atoms with Crippen molar-refractivity contribution < 1.29 is 28.9 Å². The third kappa shape index (κ3) is 4.72. The van der Waals surface area contributed by atoms with Gasteiger partial charge >= 0.3 is 0 Å². The lowest BCUT2D eigenvalue weighted by Crippen LogP contribution is -2.36. The number of amides is 1. The summed E-state index contributed by atoms with van der Waals surface area (Å²) < 4.78 is 17.4. The van der Waals surface area contributed by atoms with Gasteiger partial charge in [-0.15, -0.1) is 0 Å². The highest BCUT2D eigenvalue weighted by Gasteiger charge is 2.47. The molecule has 1 amide bonds. The molecule has 2 fully saturated rings. The molecule has 0 spiro atoms. The lowest BCUT2D eigenvalue weighted by Gasteiger charge is -2.27. The van der Waals surface area contributed by atoms with E-state index in [-0.39, 0.29) is 23.5 Å². The van der Waals surface area contributed by atoms with Crippen LogP contribution >= 0.6 is 0 Å². The number of unbranched alkanes of at least 4 members (excludes halogenated alkanes) is 1. The molecule has 7 nitrogen and oxygen atoms in total. The summed E-state index contributed by atoms with van der Waals surface area (Å²) in [5, 5.41) is 11.4. The number of benzene rings is 2. The van der Waals surface area contributed by atoms with Gasteiger partial charge in [-0.3, -0.25) is 9.59 Å². The van der Waals surface area contributed by atoms with Crippen LogP contribution in [0.1, 0.15) is 62.3 Å². The van der Waals surface area contributed by atoms with Crippen molar-refractivity contribution in [3.8, 4) is 11.5 Å². The minimum Gasteiger partial charge on any atom is -0.507 e. The van der Waals surface area contributed by atoms with Crippen molar-refractivity contribution in [1.82, 2.24) is 4.90 Å². The molecule has 7 heteroatoms. The number of aliphatic hydroxyl groups is 1. The highest BCUT2D eigenvalue weighted by Crippen LogP contribution is 2.41. The van der Waals surface area contributed by atoms with Gasteiger partial charge in [0.15, 0.2) is 0 Å². The zero-order chi connectivity index (χ0) is 25.2. The van der Waals surface area contributed by atoms with E-state index >= 15 is 0 Å². The van der Waals surface area contributed by atoms with E-state index < -0.39 is 17.7 Å². The van der Waals surface area contributed by atoms with Crippen molar-refractivity contribution in [2.75, 3.05) is 19.8 Å². The maximum absolute atomic E-state index is 13.3. The van der Waals surface area contributed by atoms with E-state index in [9.17, 15) is 14.7 Å². The van der Waals surface area contributed by atoms with E-state index in [0.29, 0.717) is 25.3 Å². The summed E-state index contributed by atoms with van der Waals surface area (Å²) in [5.74, 6) is 0.0604. The molecule has 3 atom stereocenters. The van der Waals surface area contributed by atoms with Crippen LogP contribution in [-0.2, 0) is 20.7 Å². The number of likely N-dealkylation sites (tertiary alicyclic amines) is 1. The Labute approximate surface area is 211 Å². The quantitative estimate of drug-likeness (QED) is 0.247. The first-order chi connectivity index (χ1) is 17.5. The molecule has 3 aliphatic rings. The molecule has 190 valence electrons. The second kappa shape index (κ2) is 10.3. The molecule has 0 aromatic heterocycles. The van der Waals surface area contributed by atoms with Crippen molar-refractivity contribution in [2.45, 2.75) is 64.2 Å². The number of rotatable bonds is 8. The normalized spacial score (nSPS) is 24.7. The molecule has 0 radical (unpaired) electrons. The highest BCUT2D eigenvalue weighted by molar-refractivity contribution is 6.46. The number of carbonyl (C=O) groups is 2. The topological polar surface area (TPSA) is 85.3 Å². The number of Topliss-reactive ketones (excluding diaryl/α,β-unsaturated/α-hetero) is 1. The second-order valence-electron chi connectivity index (χ2n) is 9.81. The summed E-state index contributed by atoms with van der Waals surface area (Å²) in [6.45, 7) is 5.69. The van der Waals surface area contributed by atoms with Gasteiger partial charge in [0.05, 0.1) is 24.3 Å². The number of ketones is 1. The smallest absolute Gasteiger partial charge is 0.295 e. The van der Waals surface area contributed by atoms with Crippen LogP contribution in [0.25, 0.3) is 5.76 Å². The van der Waals surface area contributed by atoms with Gasteiger partial charge < -0.3 is 24.2 Å². The van der Waals surface area contributed by atoms with Crippen LogP contribution in [0, 0.1) is 0 Å². The first kappa shape index (κ1) is 24.4. The Morgan fingerprint density at radius 2 is 1.97 bits per heavy atom. The van der Waals surface area contributed by atoms with Crippen LogP contribution < -0.4 is 9.47 Å². The van der Waals surface area contributed by atoms with E-state index in [1.807, 2.05) is 43.3 Å². The van der Waals surface area contributed by atoms with Gasteiger partial charge in [-0.2, -0.15) is 0 Å². The van der Waals surface area contributed by atoms with Crippen molar-refractivity contribution >= 4 is 17.4 Å². The zero-order valence-corrected chi connectivity index (χ0v) is 20.9. The maximum Gasteiger partial charge on any atom is 0.295 e. The molecule has 3 heterocycles. The lowest BCUT2D eigenvalue weighted by atomic mass is 9.94. The average Bonchev–Trinajstić information content (AvgIpc) is 3.58. The van der Waals surface area contributed by atoms with Gasteiger partial charge in [0.1, 0.15) is 23.4 Å². The average molecular weight is 492 g/mol. The molecule has 3 unspecified atom stereocenters. The van der Waals surface area contributed by atoms with Crippen LogP contribution in [0.4, 0.5) is 0 Å². The van der Waals surface area contributed by atoms with Crippen molar-refractivity contribution in [3.63, 3.8) is 0 Å². The molecular formula is C29H33NO6. The Balaban J connectivity index is 1.52. The number of hydrogen-bond acceptors (Lipinski definition) is 6. The van der Waals surface area contributed by atoms with E-state index in [1.54, 1.807) is 11.0 Å². The van der Waals surface area contributed by atoms with Gasteiger partial charge in [0.2, 0.25) is 0 Å². The first-order valence-corrected chi connectivity index (χ1v) is 12.9. The van der Waals surface area contributed by atoms with Crippen LogP contribution in [0.15, 0.2) is 48.0 Å². The maximum atomic E-state index is 13.3. The van der Waals surface area contributed by atoms with Crippen molar-refractivity contribution in [1.29, 1.82) is 0 Å². The van der Waals surface area contributed by atoms with Crippen LogP contribution in [0.3, 0.4) is 0 Å². The molecule has 36 heavy (non-hydrogen) atoms. The van der Waals surface area contributed by atoms with Crippen LogP contribution in [-0.4, -0.2) is 53.7 Å². The fourth-order valence-corrected chi connectivity index (χ4v) is 5.23. The summed E-state index contributed by atoms with van der Waals surface area (Å²) in [4.78, 5) is 28.1. The van der Waals surface area contributed by atoms with Gasteiger partial charge in [-0.25, -0.2) is 0 Å². The number of fused-ring (bicyclic) bond motifs is 1. The molecule has 2 saturated heterocycles. The predicted octanol–water partition coefficient (Wildman–Crippen LogP) is 4.79. The van der Waals surface area contributed by atoms with E-state index in [1.165, 1.54) is 0 Å². The molecule has 0 aliphatic carbocycles. The molecule has 2 aromatic rings. The van der Waals surface area contributed by atoms with E-state index in [2.05, 4.69) is 6.92 Å². The minimum atomic E-state index is -0.706. The van der Waals surface area contributed by atoms with E-state index in [4.69, 9.17) is 14.2 Å². The van der Waals surface area contributed by atoms with Crippen molar-refractivity contribution in [3.05, 3.63) is 64.7 Å². The Kier molecular flexibility index (Phi) is 7.01. The third-order valence-electron chi connectivity index (χ3n) is 7.10. The molecule has 3 aliphatic heterocycles. The molecule has 0 saturated carbocycles. The summed E-state index contributed by atoms with van der Waals surface area (Å²) >= 11 is 0. The Hall–Kier alpha value is -3.32. The molecule has 0 bridgehead atoms. The highest BCUT2D eigenvalue weighted by atomic mass is 16.5. The fraction of sp³-hybridized carbons (Fsp3) is 0.448. The minimum absolute atomic E-state index is 0.0625. The Morgan fingerprint density at radius 3 is 2.69 bits per heavy atom. The van der Waals surface area contributed by atoms with Crippen LogP contribution in [0.2, 0.25) is 0 Å². The number of ether oxygens (including phenoxy) is 3. The third-order valence-corrected chi connectivity index (χ3v) is 7.10. The summed E-state index contributed by atoms with van der Waals surface area (Å²) in [7, 11) is 0. The Bertz CT molecular complexity index is 1160. The number of hydrogen-bond donors (Lipinski definition) is 1. The number of carbonyl (C=O) groups excluding carboxylic acids is 2. The zero-order valence-electron chi connectivity index (χ0n) is 20.9. The fourth-order valence-electron chi connectivity index (χ4n) is 5.23. The number of nitrogens with zero attached hydrogens (tertiary/aromatic N) is 1. The summed E-state index contributed by atoms with van der Waals surface area (Å²) in [6, 6.07) is 12.1. The van der Waals surface area contributed by atoms with Gasteiger partial charge in [0.25, 0.3) is 11.7 Å². The van der Waals surface area contributed by atoms with Gasteiger partial charge in [-0.1, -0.05) is 25.5 Å². The van der Waals surface area contributed by atoms with Gasteiger partial charge in [0, 0.05) is 25.1 Å². The summed E-state index contributed by atoms with van der Waals surface area (Å²) in [6.07, 6.45) is 4.44. The van der Waals surface area contributed by atoms with Crippen molar-refractivity contribution in [2.24, 2.45) is 0 Å². The standard InChI is InChI=1S/C29H33NO6/c1-3-4-13-34-22-10-7-19(8-11-22)26-25(28(32)29(33)30(26)17-23-6-5-14-35-23)27(31)20-9-12-24-21(16-20)15-18(2)36-24/h7-12,16,18,23,26,31H,3-6,13-15,17H2,1-2H3/b27-25+. The number of aliphatic hydroxyl groups excluding tert-OH is 1.